The molecule has 0 radical (unpaired) electrons. The van der Waals surface area contributed by atoms with Gasteiger partial charge in [0.2, 0.25) is 0 Å². The molecule has 1 unspecified atom stereocenters. The lowest BCUT2D eigenvalue weighted by atomic mass is 10.1. The Morgan fingerprint density at radius 2 is 2.10 bits per heavy atom. The molecule has 0 saturated heterocycles. The third kappa shape index (κ3) is 2.96. The van der Waals surface area contributed by atoms with Gasteiger partial charge in [0.1, 0.15) is 0 Å². The molecule has 0 aliphatic rings. The lowest BCUT2D eigenvalue weighted by molar-refractivity contribution is -0.144. The van der Waals surface area contributed by atoms with Crippen LogP contribution in [0.15, 0.2) is 45.7 Å². The number of methoxy groups -OCH3 is 1. The largest absolute Gasteiger partial charge is 0.467 e. The second-order valence-corrected chi connectivity index (χ2v) is 5.13. The van der Waals surface area contributed by atoms with Gasteiger partial charge in [-0.15, -0.1) is 0 Å². The number of rotatable bonds is 3. The summed E-state index contributed by atoms with van der Waals surface area (Å²) in [5.41, 5.74) is 1.12. The van der Waals surface area contributed by atoms with Crippen molar-refractivity contribution >= 4 is 21.9 Å². The van der Waals surface area contributed by atoms with Crippen LogP contribution in [0.25, 0.3) is 11.3 Å². The van der Waals surface area contributed by atoms with E-state index in [1.165, 1.54) is 13.2 Å². The van der Waals surface area contributed by atoms with Crippen LogP contribution < -0.4 is 5.56 Å². The van der Waals surface area contributed by atoms with Crippen molar-refractivity contribution in [2.75, 3.05) is 7.11 Å². The van der Waals surface area contributed by atoms with Crippen molar-refractivity contribution in [2.45, 2.75) is 13.0 Å². The first kappa shape index (κ1) is 14.5. The van der Waals surface area contributed by atoms with Crippen molar-refractivity contribution in [2.24, 2.45) is 0 Å². The third-order valence-electron chi connectivity index (χ3n) is 2.85. The predicted octanol–water partition coefficient (Wildman–Crippen LogP) is 2.41. The van der Waals surface area contributed by atoms with Crippen molar-refractivity contribution in [1.82, 2.24) is 9.78 Å². The molecule has 0 spiro atoms. The average Bonchev–Trinajstić information content (AvgIpc) is 2.46. The lowest BCUT2D eigenvalue weighted by Crippen LogP contribution is -2.30. The molecule has 1 aromatic heterocycles. The van der Waals surface area contributed by atoms with Crippen LogP contribution in [-0.2, 0) is 9.53 Å². The molecule has 1 heterocycles. The number of hydrogen-bond acceptors (Lipinski definition) is 4. The molecule has 1 atom stereocenters. The van der Waals surface area contributed by atoms with E-state index in [9.17, 15) is 9.59 Å². The summed E-state index contributed by atoms with van der Waals surface area (Å²) in [4.78, 5) is 23.4. The van der Waals surface area contributed by atoms with Crippen molar-refractivity contribution < 1.29 is 9.53 Å². The number of esters is 1. The fourth-order valence-corrected chi connectivity index (χ4v) is 2.17. The van der Waals surface area contributed by atoms with Crippen LogP contribution in [-0.4, -0.2) is 22.9 Å². The van der Waals surface area contributed by atoms with E-state index in [0.717, 1.165) is 14.7 Å². The highest BCUT2D eigenvalue weighted by molar-refractivity contribution is 9.10. The average molecular weight is 337 g/mol. The zero-order valence-corrected chi connectivity index (χ0v) is 12.6. The fourth-order valence-electron chi connectivity index (χ4n) is 1.77. The maximum absolute atomic E-state index is 11.8. The van der Waals surface area contributed by atoms with Gasteiger partial charge in [0.05, 0.1) is 12.8 Å². The third-order valence-corrected chi connectivity index (χ3v) is 3.35. The van der Waals surface area contributed by atoms with Crippen LogP contribution in [0, 0.1) is 0 Å². The van der Waals surface area contributed by atoms with Gasteiger partial charge in [0.25, 0.3) is 5.56 Å². The molecule has 5 nitrogen and oxygen atoms in total. The highest BCUT2D eigenvalue weighted by Gasteiger charge is 2.18. The summed E-state index contributed by atoms with van der Waals surface area (Å²) in [5, 5.41) is 4.24. The summed E-state index contributed by atoms with van der Waals surface area (Å²) in [6.45, 7) is 1.57. The van der Waals surface area contributed by atoms with Crippen LogP contribution in [0.5, 0.6) is 0 Å². The van der Waals surface area contributed by atoms with E-state index >= 15 is 0 Å². The number of nitrogens with zero attached hydrogens (tertiary/aromatic N) is 2. The Bertz CT molecular complexity index is 697. The van der Waals surface area contributed by atoms with Gasteiger partial charge >= 0.3 is 5.97 Å². The normalized spacial score (nSPS) is 11.9. The number of carbonyl (C=O) groups excluding carboxylic acids is 1. The van der Waals surface area contributed by atoms with Gasteiger partial charge in [-0.3, -0.25) is 4.79 Å². The number of benzene rings is 1. The van der Waals surface area contributed by atoms with E-state index in [0.29, 0.717) is 5.69 Å². The van der Waals surface area contributed by atoms with Crippen LogP contribution in [0.4, 0.5) is 0 Å². The van der Waals surface area contributed by atoms with Gasteiger partial charge < -0.3 is 4.74 Å². The second-order valence-electron chi connectivity index (χ2n) is 4.21. The molecule has 0 aliphatic carbocycles. The molecule has 2 aromatic rings. The maximum atomic E-state index is 11.8. The van der Waals surface area contributed by atoms with Gasteiger partial charge in [-0.1, -0.05) is 28.1 Å². The minimum atomic E-state index is -0.764. The smallest absolute Gasteiger partial charge is 0.330 e. The number of halogens is 1. The first-order valence-electron chi connectivity index (χ1n) is 5.96. The number of carbonyl (C=O) groups is 1. The second kappa shape index (κ2) is 6.00. The Hall–Kier alpha value is -1.95. The van der Waals surface area contributed by atoms with E-state index in [-0.39, 0.29) is 5.56 Å². The summed E-state index contributed by atoms with van der Waals surface area (Å²) in [5.74, 6) is -0.508. The molecule has 1 aromatic carbocycles. The van der Waals surface area contributed by atoms with Crippen LogP contribution >= 0.6 is 15.9 Å². The first-order chi connectivity index (χ1) is 9.52. The van der Waals surface area contributed by atoms with Gasteiger partial charge in [0.15, 0.2) is 6.04 Å². The summed E-state index contributed by atoms with van der Waals surface area (Å²) in [6.07, 6.45) is 0. The molecule has 0 aliphatic heterocycles. The quantitative estimate of drug-likeness (QED) is 0.807. The summed E-state index contributed by atoms with van der Waals surface area (Å²) >= 11 is 3.39. The van der Waals surface area contributed by atoms with Gasteiger partial charge in [-0.05, 0) is 25.1 Å². The minimum absolute atomic E-state index is 0.346. The summed E-state index contributed by atoms with van der Waals surface area (Å²) in [7, 11) is 1.28. The molecule has 6 heteroatoms. The molecule has 0 bridgehead atoms. The Kier molecular flexibility index (Phi) is 4.34. The molecular formula is C14H13BrN2O3. The van der Waals surface area contributed by atoms with E-state index in [1.54, 1.807) is 13.0 Å². The fraction of sp³-hybridized carbons (Fsp3) is 0.214. The number of ether oxygens (including phenoxy) is 1. The zero-order chi connectivity index (χ0) is 14.7. The molecule has 2 rings (SSSR count). The van der Waals surface area contributed by atoms with E-state index in [2.05, 4.69) is 25.8 Å². The predicted molar refractivity (Wildman–Crippen MR) is 78.4 cm³/mol. The van der Waals surface area contributed by atoms with Crippen molar-refractivity contribution in [3.05, 3.63) is 51.2 Å². The van der Waals surface area contributed by atoms with Crippen LogP contribution in [0.2, 0.25) is 0 Å². The molecule has 0 N–H and O–H groups in total. The summed E-state index contributed by atoms with van der Waals surface area (Å²) in [6, 6.07) is 9.80. The standard InChI is InChI=1S/C14H13BrN2O3/c1-9(14(19)20-2)17-13(18)7-6-12(16-17)10-4-3-5-11(15)8-10/h3-9H,1-2H3. The monoisotopic (exact) mass is 336 g/mol. The van der Waals surface area contributed by atoms with Crippen molar-refractivity contribution in [3.8, 4) is 11.3 Å². The molecule has 20 heavy (non-hydrogen) atoms. The molecular weight excluding hydrogens is 324 g/mol. The maximum Gasteiger partial charge on any atom is 0.330 e. The molecule has 0 fully saturated rings. The number of aromatic nitrogens is 2. The zero-order valence-electron chi connectivity index (χ0n) is 11.0. The van der Waals surface area contributed by atoms with Gasteiger partial charge in [-0.2, -0.15) is 5.10 Å². The highest BCUT2D eigenvalue weighted by Crippen LogP contribution is 2.20. The molecule has 0 amide bonds. The Morgan fingerprint density at radius 3 is 2.75 bits per heavy atom. The van der Waals surface area contributed by atoms with Gasteiger partial charge in [0, 0.05) is 16.1 Å². The van der Waals surface area contributed by atoms with Crippen molar-refractivity contribution in [1.29, 1.82) is 0 Å². The van der Waals surface area contributed by atoms with Crippen molar-refractivity contribution in [3.63, 3.8) is 0 Å². The highest BCUT2D eigenvalue weighted by atomic mass is 79.9. The molecule has 104 valence electrons. The van der Waals surface area contributed by atoms with Gasteiger partial charge in [-0.25, -0.2) is 9.48 Å². The van der Waals surface area contributed by atoms with Crippen LogP contribution in [0.3, 0.4) is 0 Å². The number of hydrogen-bond donors (Lipinski definition) is 0. The summed E-state index contributed by atoms with van der Waals surface area (Å²) < 4.78 is 6.68. The van der Waals surface area contributed by atoms with E-state index < -0.39 is 12.0 Å². The Labute approximate surface area is 124 Å². The molecule has 0 saturated carbocycles. The Morgan fingerprint density at radius 1 is 1.35 bits per heavy atom. The first-order valence-corrected chi connectivity index (χ1v) is 6.76. The minimum Gasteiger partial charge on any atom is -0.467 e. The van der Waals surface area contributed by atoms with E-state index in [1.807, 2.05) is 24.3 Å². The topological polar surface area (TPSA) is 61.2 Å². The van der Waals surface area contributed by atoms with E-state index in [4.69, 9.17) is 0 Å². The Balaban J connectivity index is 2.48. The lowest BCUT2D eigenvalue weighted by Gasteiger charge is -2.12. The van der Waals surface area contributed by atoms with Crippen LogP contribution in [0.1, 0.15) is 13.0 Å². The SMILES string of the molecule is COC(=O)C(C)n1nc(-c2cccc(Br)c2)ccc1=O.